The maximum Gasteiger partial charge on any atom is 0.164 e. The summed E-state index contributed by atoms with van der Waals surface area (Å²) in [6, 6.07) is 49.1. The summed E-state index contributed by atoms with van der Waals surface area (Å²) in [7, 11) is 0. The van der Waals surface area contributed by atoms with Crippen LogP contribution in [0.3, 0.4) is 0 Å². The van der Waals surface area contributed by atoms with Gasteiger partial charge >= 0.3 is 0 Å². The number of hydrogen-bond acceptors (Lipinski definition) is 4. The minimum atomic E-state index is -0.0438. The average molecular weight is 616 g/mol. The number of fused-ring (bicyclic) bond motifs is 9. The first-order valence-electron chi connectivity index (χ1n) is 16.4. The molecule has 226 valence electrons. The molecule has 0 unspecified atom stereocenters. The van der Waals surface area contributed by atoms with Crippen molar-refractivity contribution in [2.75, 3.05) is 0 Å². The van der Waals surface area contributed by atoms with E-state index in [1.54, 1.807) is 0 Å². The summed E-state index contributed by atoms with van der Waals surface area (Å²) in [5.74, 6) is 1.91. The van der Waals surface area contributed by atoms with Crippen molar-refractivity contribution in [2.45, 2.75) is 19.3 Å². The summed E-state index contributed by atoms with van der Waals surface area (Å²) in [6.07, 6.45) is 0. The average Bonchev–Trinajstić information content (AvgIpc) is 3.62. The van der Waals surface area contributed by atoms with E-state index in [-0.39, 0.29) is 5.41 Å². The smallest absolute Gasteiger partial charge is 0.164 e. The van der Waals surface area contributed by atoms with Crippen LogP contribution in [0.1, 0.15) is 25.0 Å². The van der Waals surface area contributed by atoms with Gasteiger partial charge in [-0.2, -0.15) is 0 Å². The first kappa shape index (κ1) is 27.0. The van der Waals surface area contributed by atoms with Gasteiger partial charge in [0, 0.05) is 32.9 Å². The van der Waals surface area contributed by atoms with Crippen molar-refractivity contribution in [1.82, 2.24) is 15.0 Å². The van der Waals surface area contributed by atoms with Crippen molar-refractivity contribution >= 4 is 43.5 Å². The predicted molar refractivity (Wildman–Crippen MR) is 196 cm³/mol. The van der Waals surface area contributed by atoms with Crippen LogP contribution in [0.25, 0.3) is 88.8 Å². The summed E-state index contributed by atoms with van der Waals surface area (Å²) >= 11 is 0. The van der Waals surface area contributed by atoms with E-state index in [4.69, 9.17) is 19.4 Å². The molecular weight excluding hydrogens is 587 g/mol. The van der Waals surface area contributed by atoms with Gasteiger partial charge in [0.1, 0.15) is 11.2 Å². The number of benzene rings is 7. The summed E-state index contributed by atoms with van der Waals surface area (Å²) < 4.78 is 6.11. The van der Waals surface area contributed by atoms with Crippen LogP contribution in [0.15, 0.2) is 144 Å². The Morgan fingerprint density at radius 1 is 0.417 bits per heavy atom. The van der Waals surface area contributed by atoms with Crippen molar-refractivity contribution in [3.8, 4) is 45.3 Å². The summed E-state index contributed by atoms with van der Waals surface area (Å²) in [6.45, 7) is 4.66. The molecule has 10 rings (SSSR count). The lowest BCUT2D eigenvalue weighted by molar-refractivity contribution is 0.661. The summed E-state index contributed by atoms with van der Waals surface area (Å²) in [4.78, 5) is 15.2. The summed E-state index contributed by atoms with van der Waals surface area (Å²) in [5, 5.41) is 6.96. The van der Waals surface area contributed by atoms with Crippen molar-refractivity contribution in [2.24, 2.45) is 0 Å². The van der Waals surface area contributed by atoms with Crippen molar-refractivity contribution in [3.05, 3.63) is 151 Å². The topological polar surface area (TPSA) is 51.8 Å². The molecule has 0 saturated carbocycles. The lowest BCUT2D eigenvalue weighted by Crippen LogP contribution is -2.14. The van der Waals surface area contributed by atoms with Crippen molar-refractivity contribution in [3.63, 3.8) is 0 Å². The van der Waals surface area contributed by atoms with Crippen LogP contribution in [0.4, 0.5) is 0 Å². The molecule has 0 atom stereocenters. The third-order valence-electron chi connectivity index (χ3n) is 10.1. The maximum absolute atomic E-state index is 6.11. The van der Waals surface area contributed by atoms with Crippen LogP contribution < -0.4 is 0 Å². The van der Waals surface area contributed by atoms with E-state index in [1.165, 1.54) is 43.8 Å². The first-order valence-corrected chi connectivity index (χ1v) is 16.4. The SMILES string of the molecule is CC1(C)c2ccccc2-c2cc3c(ccc4ccc(-c5nc(-c6ccccc6)nc(-c6ccc7oc8ccccc8c7c6)n5)cc43)cc21. The van der Waals surface area contributed by atoms with Gasteiger partial charge in [-0.25, -0.2) is 15.0 Å². The maximum atomic E-state index is 6.11. The molecule has 48 heavy (non-hydrogen) atoms. The highest BCUT2D eigenvalue weighted by molar-refractivity contribution is 6.11. The minimum Gasteiger partial charge on any atom is -0.456 e. The molecule has 0 amide bonds. The Hall–Kier alpha value is -6.13. The van der Waals surface area contributed by atoms with E-state index in [0.29, 0.717) is 17.5 Å². The molecule has 1 aliphatic rings. The van der Waals surface area contributed by atoms with Gasteiger partial charge in [-0.05, 0) is 86.3 Å². The zero-order valence-electron chi connectivity index (χ0n) is 26.5. The van der Waals surface area contributed by atoms with Gasteiger partial charge in [0.15, 0.2) is 17.5 Å². The van der Waals surface area contributed by atoms with E-state index >= 15 is 0 Å². The van der Waals surface area contributed by atoms with Gasteiger partial charge < -0.3 is 4.42 Å². The highest BCUT2D eigenvalue weighted by atomic mass is 16.3. The Kier molecular flexibility index (Phi) is 5.59. The molecular formula is C44H29N3O. The number of aromatic nitrogens is 3. The minimum absolute atomic E-state index is 0.0438. The van der Waals surface area contributed by atoms with Gasteiger partial charge in [0.25, 0.3) is 0 Å². The fraction of sp³-hybridized carbons (Fsp3) is 0.0682. The standard InChI is InChI=1S/C44H29N3O/c1-44(2)37-14-8-6-12-31(37)35-25-34-28(24-38(35)44)18-16-26-17-19-29(22-33(26)34)42-45-41(27-10-4-3-5-11-27)46-43(47-42)30-20-21-40-36(23-30)32-13-7-9-15-39(32)48-40/h3-25H,1-2H3. The Morgan fingerprint density at radius 3 is 1.85 bits per heavy atom. The Labute approximate surface area is 277 Å². The lowest BCUT2D eigenvalue weighted by Gasteiger charge is -2.21. The normalized spacial score (nSPS) is 13.4. The third-order valence-corrected chi connectivity index (χ3v) is 10.1. The molecule has 0 radical (unpaired) electrons. The van der Waals surface area contributed by atoms with E-state index in [2.05, 4.69) is 92.7 Å². The number of furan rings is 1. The Morgan fingerprint density at radius 2 is 1.02 bits per heavy atom. The molecule has 9 aromatic rings. The van der Waals surface area contributed by atoms with Crippen LogP contribution in [-0.2, 0) is 5.41 Å². The van der Waals surface area contributed by atoms with Crippen LogP contribution in [0, 0.1) is 0 Å². The zero-order chi connectivity index (χ0) is 32.0. The molecule has 0 fully saturated rings. The van der Waals surface area contributed by atoms with Crippen LogP contribution in [-0.4, -0.2) is 15.0 Å². The number of nitrogens with zero attached hydrogens (tertiary/aromatic N) is 3. The first-order chi connectivity index (χ1) is 23.5. The molecule has 4 heteroatoms. The Bertz CT molecular complexity index is 2760. The molecule has 0 bridgehead atoms. The molecule has 4 nitrogen and oxygen atoms in total. The van der Waals surface area contributed by atoms with Crippen molar-refractivity contribution < 1.29 is 4.42 Å². The fourth-order valence-electron chi connectivity index (χ4n) is 7.60. The number of rotatable bonds is 3. The van der Waals surface area contributed by atoms with Gasteiger partial charge in [0.2, 0.25) is 0 Å². The monoisotopic (exact) mass is 615 g/mol. The molecule has 2 aromatic heterocycles. The molecule has 0 spiro atoms. The Balaban J connectivity index is 1.18. The molecule has 0 saturated heterocycles. The molecule has 2 heterocycles. The second-order valence-corrected chi connectivity index (χ2v) is 13.3. The van der Waals surface area contributed by atoms with Crippen LogP contribution >= 0.6 is 0 Å². The number of para-hydroxylation sites is 1. The zero-order valence-corrected chi connectivity index (χ0v) is 26.5. The van der Waals surface area contributed by atoms with Crippen LogP contribution in [0.2, 0.25) is 0 Å². The van der Waals surface area contributed by atoms with Crippen LogP contribution in [0.5, 0.6) is 0 Å². The second-order valence-electron chi connectivity index (χ2n) is 13.3. The highest BCUT2D eigenvalue weighted by Gasteiger charge is 2.35. The van der Waals surface area contributed by atoms with Gasteiger partial charge in [-0.3, -0.25) is 0 Å². The molecule has 7 aromatic carbocycles. The van der Waals surface area contributed by atoms with E-state index in [9.17, 15) is 0 Å². The molecule has 0 aliphatic heterocycles. The second kappa shape index (κ2) is 9.93. The van der Waals surface area contributed by atoms with E-state index < -0.39 is 0 Å². The van der Waals surface area contributed by atoms with E-state index in [0.717, 1.165) is 38.6 Å². The van der Waals surface area contributed by atoms with Gasteiger partial charge in [-0.15, -0.1) is 0 Å². The van der Waals surface area contributed by atoms with E-state index in [1.807, 2.05) is 60.7 Å². The largest absolute Gasteiger partial charge is 0.456 e. The fourth-order valence-corrected chi connectivity index (χ4v) is 7.60. The highest BCUT2D eigenvalue weighted by Crippen LogP contribution is 2.50. The third kappa shape index (κ3) is 3.99. The molecule has 1 aliphatic carbocycles. The predicted octanol–water partition coefficient (Wildman–Crippen LogP) is 11.4. The van der Waals surface area contributed by atoms with Gasteiger partial charge in [0.05, 0.1) is 0 Å². The quantitative estimate of drug-likeness (QED) is 0.186. The van der Waals surface area contributed by atoms with Gasteiger partial charge in [-0.1, -0.05) is 111 Å². The lowest BCUT2D eigenvalue weighted by atomic mass is 9.81. The van der Waals surface area contributed by atoms with Crippen molar-refractivity contribution in [1.29, 1.82) is 0 Å². The number of hydrogen-bond donors (Lipinski definition) is 0. The molecule has 0 N–H and O–H groups in total. The summed E-state index contributed by atoms with van der Waals surface area (Å²) in [5.41, 5.74) is 9.88.